The van der Waals surface area contributed by atoms with Crippen LogP contribution in [0.25, 0.3) is 0 Å². The van der Waals surface area contributed by atoms with Crippen molar-refractivity contribution in [2.45, 2.75) is 38.6 Å². The van der Waals surface area contributed by atoms with Crippen molar-refractivity contribution < 1.29 is 0 Å². The Balaban J connectivity index is 2.39. The molecule has 0 aromatic heterocycles. The van der Waals surface area contributed by atoms with E-state index in [1.807, 2.05) is 0 Å². The fraction of sp³-hybridized carbons (Fsp3) is 0.500. The quantitative estimate of drug-likeness (QED) is 0.876. The predicted octanol–water partition coefficient (Wildman–Crippen LogP) is 3.51. The van der Waals surface area contributed by atoms with Crippen LogP contribution in [-0.4, -0.2) is 5.54 Å². The molecule has 0 spiro atoms. The second-order valence-corrected chi connectivity index (χ2v) is 5.39. The summed E-state index contributed by atoms with van der Waals surface area (Å²) in [6.07, 6.45) is 3.33. The van der Waals surface area contributed by atoms with Crippen molar-refractivity contribution in [1.82, 2.24) is 0 Å². The molecule has 1 nitrogen and oxygen atoms in total. The van der Waals surface area contributed by atoms with Crippen molar-refractivity contribution in [2.75, 3.05) is 0 Å². The zero-order valence-electron chi connectivity index (χ0n) is 8.89. The molecular weight excluding hydrogens is 238 g/mol. The van der Waals surface area contributed by atoms with Crippen LogP contribution in [0.1, 0.15) is 32.3 Å². The van der Waals surface area contributed by atoms with Gasteiger partial charge in [0.1, 0.15) is 0 Å². The lowest BCUT2D eigenvalue weighted by Crippen LogP contribution is -2.31. The van der Waals surface area contributed by atoms with Gasteiger partial charge < -0.3 is 5.73 Å². The van der Waals surface area contributed by atoms with E-state index >= 15 is 0 Å². The van der Waals surface area contributed by atoms with Crippen LogP contribution in [0.15, 0.2) is 28.7 Å². The molecule has 1 rings (SSSR count). The van der Waals surface area contributed by atoms with Gasteiger partial charge in [-0.2, -0.15) is 0 Å². The first kappa shape index (κ1) is 11.7. The van der Waals surface area contributed by atoms with Crippen LogP contribution in [0.3, 0.4) is 0 Å². The number of rotatable bonds is 4. The maximum Gasteiger partial charge on any atom is 0.0177 e. The minimum absolute atomic E-state index is 0.0357. The molecule has 0 heterocycles. The highest BCUT2D eigenvalue weighted by Crippen LogP contribution is 2.15. The molecule has 0 saturated heterocycles. The van der Waals surface area contributed by atoms with Gasteiger partial charge in [0.15, 0.2) is 0 Å². The highest BCUT2D eigenvalue weighted by atomic mass is 79.9. The zero-order valence-corrected chi connectivity index (χ0v) is 10.5. The summed E-state index contributed by atoms with van der Waals surface area (Å²) in [5.41, 5.74) is 7.26. The Kier molecular flexibility index (Phi) is 4.14. The summed E-state index contributed by atoms with van der Waals surface area (Å²) >= 11 is 3.47. The highest BCUT2D eigenvalue weighted by molar-refractivity contribution is 9.10. The van der Waals surface area contributed by atoms with Gasteiger partial charge in [-0.15, -0.1) is 0 Å². The molecule has 0 saturated carbocycles. The summed E-state index contributed by atoms with van der Waals surface area (Å²) in [6.45, 7) is 4.15. The van der Waals surface area contributed by atoms with Crippen LogP contribution in [0, 0.1) is 0 Å². The fourth-order valence-electron chi connectivity index (χ4n) is 1.44. The lowest BCUT2D eigenvalue weighted by Gasteiger charge is -2.17. The first-order valence-corrected chi connectivity index (χ1v) is 5.80. The minimum Gasteiger partial charge on any atom is -0.326 e. The molecule has 0 atom stereocenters. The molecule has 2 N–H and O–H groups in total. The summed E-state index contributed by atoms with van der Waals surface area (Å²) in [6, 6.07) is 8.46. The van der Waals surface area contributed by atoms with Crippen LogP contribution >= 0.6 is 15.9 Å². The normalized spacial score (nSPS) is 11.7. The lowest BCUT2D eigenvalue weighted by atomic mass is 9.97. The summed E-state index contributed by atoms with van der Waals surface area (Å²) in [7, 11) is 0. The highest BCUT2D eigenvalue weighted by Gasteiger charge is 2.09. The molecule has 0 amide bonds. The van der Waals surface area contributed by atoms with Gasteiger partial charge in [-0.05, 0) is 50.8 Å². The van der Waals surface area contributed by atoms with E-state index in [-0.39, 0.29) is 5.54 Å². The van der Waals surface area contributed by atoms with Crippen molar-refractivity contribution in [2.24, 2.45) is 5.73 Å². The van der Waals surface area contributed by atoms with Gasteiger partial charge in [-0.1, -0.05) is 28.1 Å². The molecule has 1 aromatic rings. The number of nitrogens with two attached hydrogens (primary N) is 1. The zero-order chi connectivity index (χ0) is 10.6. The van der Waals surface area contributed by atoms with Crippen molar-refractivity contribution in [1.29, 1.82) is 0 Å². The predicted molar refractivity (Wildman–Crippen MR) is 65.3 cm³/mol. The lowest BCUT2D eigenvalue weighted by molar-refractivity contribution is 0.459. The van der Waals surface area contributed by atoms with Crippen molar-refractivity contribution in [3.8, 4) is 0 Å². The van der Waals surface area contributed by atoms with Gasteiger partial charge in [0.25, 0.3) is 0 Å². The third-order valence-corrected chi connectivity index (χ3v) is 2.67. The second kappa shape index (κ2) is 4.94. The van der Waals surface area contributed by atoms with E-state index in [2.05, 4.69) is 54.0 Å². The Labute approximate surface area is 94.8 Å². The van der Waals surface area contributed by atoms with E-state index in [1.54, 1.807) is 0 Å². The maximum atomic E-state index is 5.92. The number of benzene rings is 1. The summed E-state index contributed by atoms with van der Waals surface area (Å²) in [4.78, 5) is 0. The van der Waals surface area contributed by atoms with Crippen LogP contribution in [0.4, 0.5) is 0 Å². The fourth-order valence-corrected chi connectivity index (χ4v) is 1.89. The molecule has 0 aliphatic rings. The molecule has 0 aliphatic carbocycles. The van der Waals surface area contributed by atoms with Crippen LogP contribution < -0.4 is 5.73 Å². The molecule has 0 bridgehead atoms. The first-order valence-electron chi connectivity index (χ1n) is 5.01. The topological polar surface area (TPSA) is 26.0 Å². The standard InChI is InChI=1S/C12H18BrN/c1-12(2,14)8-4-6-10-5-3-7-11(13)9-10/h3,5,7,9H,4,6,8,14H2,1-2H3. The maximum absolute atomic E-state index is 5.92. The average Bonchev–Trinajstić information content (AvgIpc) is 2.01. The third-order valence-electron chi connectivity index (χ3n) is 2.18. The molecule has 0 radical (unpaired) electrons. The van der Waals surface area contributed by atoms with Crippen molar-refractivity contribution in [3.05, 3.63) is 34.3 Å². The van der Waals surface area contributed by atoms with E-state index in [9.17, 15) is 0 Å². The Morgan fingerprint density at radius 2 is 2.07 bits per heavy atom. The minimum atomic E-state index is -0.0357. The van der Waals surface area contributed by atoms with Gasteiger partial charge in [-0.25, -0.2) is 0 Å². The smallest absolute Gasteiger partial charge is 0.0177 e. The molecule has 0 fully saturated rings. The van der Waals surface area contributed by atoms with Crippen molar-refractivity contribution >= 4 is 15.9 Å². The largest absolute Gasteiger partial charge is 0.326 e. The number of aryl methyl sites for hydroxylation is 1. The molecule has 78 valence electrons. The molecule has 1 aromatic carbocycles. The summed E-state index contributed by atoms with van der Waals surface area (Å²) < 4.78 is 1.15. The van der Waals surface area contributed by atoms with Crippen LogP contribution in [-0.2, 0) is 6.42 Å². The molecule has 2 heteroatoms. The monoisotopic (exact) mass is 255 g/mol. The average molecular weight is 256 g/mol. The van der Waals surface area contributed by atoms with Gasteiger partial charge in [0.05, 0.1) is 0 Å². The number of hydrogen-bond acceptors (Lipinski definition) is 1. The molecular formula is C12H18BrN. The second-order valence-electron chi connectivity index (χ2n) is 4.47. The first-order chi connectivity index (χ1) is 6.47. The SMILES string of the molecule is CC(C)(N)CCCc1cccc(Br)c1. The van der Waals surface area contributed by atoms with E-state index in [0.29, 0.717) is 0 Å². The number of hydrogen-bond donors (Lipinski definition) is 1. The van der Waals surface area contributed by atoms with Gasteiger partial charge in [0, 0.05) is 10.0 Å². The molecule has 14 heavy (non-hydrogen) atoms. The van der Waals surface area contributed by atoms with Crippen molar-refractivity contribution in [3.63, 3.8) is 0 Å². The summed E-state index contributed by atoms with van der Waals surface area (Å²) in [5, 5.41) is 0. The Morgan fingerprint density at radius 1 is 1.36 bits per heavy atom. The van der Waals surface area contributed by atoms with E-state index in [4.69, 9.17) is 5.73 Å². The number of halogens is 1. The molecule has 0 unspecified atom stereocenters. The van der Waals surface area contributed by atoms with Gasteiger partial charge in [0.2, 0.25) is 0 Å². The third kappa shape index (κ3) is 4.77. The van der Waals surface area contributed by atoms with E-state index < -0.39 is 0 Å². The van der Waals surface area contributed by atoms with Gasteiger partial charge in [-0.3, -0.25) is 0 Å². The molecule has 0 aliphatic heterocycles. The van der Waals surface area contributed by atoms with Crippen LogP contribution in [0.2, 0.25) is 0 Å². The van der Waals surface area contributed by atoms with Gasteiger partial charge >= 0.3 is 0 Å². The Morgan fingerprint density at radius 3 is 2.64 bits per heavy atom. The van der Waals surface area contributed by atoms with E-state index in [1.165, 1.54) is 5.56 Å². The Hall–Kier alpha value is -0.340. The van der Waals surface area contributed by atoms with Crippen LogP contribution in [0.5, 0.6) is 0 Å². The van der Waals surface area contributed by atoms with E-state index in [0.717, 1.165) is 23.7 Å². The Bertz CT molecular complexity index is 289. The summed E-state index contributed by atoms with van der Waals surface area (Å²) in [5.74, 6) is 0.